The summed E-state index contributed by atoms with van der Waals surface area (Å²) in [6.45, 7) is 7.24. The van der Waals surface area contributed by atoms with Gasteiger partial charge in [-0.05, 0) is 45.0 Å². The van der Waals surface area contributed by atoms with Crippen LogP contribution >= 0.6 is 0 Å². The number of benzene rings is 1. The predicted molar refractivity (Wildman–Crippen MR) is 83.6 cm³/mol. The SMILES string of the molecule is CNCc1ccc(F)c(CN2CC3CCCN3CC2C)c1. The fourth-order valence-electron chi connectivity index (χ4n) is 3.75. The van der Waals surface area contributed by atoms with Gasteiger partial charge in [0.1, 0.15) is 5.82 Å². The van der Waals surface area contributed by atoms with Crippen molar-refractivity contribution in [2.75, 3.05) is 26.7 Å². The molecule has 3 nitrogen and oxygen atoms in total. The molecule has 0 spiro atoms. The minimum Gasteiger partial charge on any atom is -0.316 e. The second-order valence-corrected chi connectivity index (χ2v) is 6.53. The summed E-state index contributed by atoms with van der Waals surface area (Å²) in [5, 5.41) is 3.13. The van der Waals surface area contributed by atoms with Gasteiger partial charge in [0.25, 0.3) is 0 Å². The monoisotopic (exact) mass is 291 g/mol. The number of halogens is 1. The molecule has 0 bridgehead atoms. The third-order valence-electron chi connectivity index (χ3n) is 4.93. The molecule has 2 saturated heterocycles. The molecule has 1 aromatic rings. The van der Waals surface area contributed by atoms with Crippen LogP contribution in [0.5, 0.6) is 0 Å². The Kier molecular flexibility index (Phi) is 4.57. The number of hydrogen-bond acceptors (Lipinski definition) is 3. The lowest BCUT2D eigenvalue weighted by Gasteiger charge is -2.42. The topological polar surface area (TPSA) is 18.5 Å². The van der Waals surface area contributed by atoms with E-state index in [4.69, 9.17) is 0 Å². The van der Waals surface area contributed by atoms with Crippen molar-refractivity contribution in [2.24, 2.45) is 0 Å². The van der Waals surface area contributed by atoms with E-state index >= 15 is 0 Å². The van der Waals surface area contributed by atoms with E-state index in [0.717, 1.165) is 37.3 Å². The Morgan fingerprint density at radius 3 is 3.00 bits per heavy atom. The molecule has 1 N–H and O–H groups in total. The van der Waals surface area contributed by atoms with Crippen molar-refractivity contribution in [1.29, 1.82) is 0 Å². The molecule has 2 atom stereocenters. The van der Waals surface area contributed by atoms with E-state index in [2.05, 4.69) is 22.0 Å². The summed E-state index contributed by atoms with van der Waals surface area (Å²) >= 11 is 0. The summed E-state index contributed by atoms with van der Waals surface area (Å²) in [6.07, 6.45) is 2.61. The van der Waals surface area contributed by atoms with Crippen LogP contribution in [0.1, 0.15) is 30.9 Å². The highest BCUT2D eigenvalue weighted by Crippen LogP contribution is 2.26. The summed E-state index contributed by atoms with van der Waals surface area (Å²) in [5.74, 6) is -0.0732. The molecule has 0 aliphatic carbocycles. The van der Waals surface area contributed by atoms with Gasteiger partial charge >= 0.3 is 0 Å². The first kappa shape index (κ1) is 14.9. The number of piperazine rings is 1. The number of nitrogens with one attached hydrogen (secondary N) is 1. The smallest absolute Gasteiger partial charge is 0.127 e. The van der Waals surface area contributed by atoms with E-state index in [0.29, 0.717) is 12.1 Å². The molecule has 1 aromatic carbocycles. The van der Waals surface area contributed by atoms with Gasteiger partial charge in [-0.25, -0.2) is 4.39 Å². The van der Waals surface area contributed by atoms with Gasteiger partial charge in [-0.1, -0.05) is 12.1 Å². The van der Waals surface area contributed by atoms with Gasteiger partial charge < -0.3 is 5.32 Å². The van der Waals surface area contributed by atoms with Gasteiger partial charge in [0, 0.05) is 43.8 Å². The molecule has 2 fully saturated rings. The first-order valence-corrected chi connectivity index (χ1v) is 8.07. The molecule has 2 aliphatic rings. The number of rotatable bonds is 4. The molecule has 2 unspecified atom stereocenters. The Labute approximate surface area is 127 Å². The van der Waals surface area contributed by atoms with E-state index in [-0.39, 0.29) is 5.82 Å². The second kappa shape index (κ2) is 6.42. The Balaban J connectivity index is 1.71. The highest BCUT2D eigenvalue weighted by atomic mass is 19.1. The molecule has 3 rings (SSSR count). The highest BCUT2D eigenvalue weighted by molar-refractivity contribution is 5.25. The molecule has 0 aromatic heterocycles. The number of nitrogens with zero attached hydrogens (tertiary/aromatic N) is 2. The van der Waals surface area contributed by atoms with Crippen molar-refractivity contribution in [3.8, 4) is 0 Å². The van der Waals surface area contributed by atoms with Crippen LogP contribution in [-0.2, 0) is 13.1 Å². The van der Waals surface area contributed by atoms with Crippen molar-refractivity contribution in [2.45, 2.75) is 44.9 Å². The summed E-state index contributed by atoms with van der Waals surface area (Å²) in [6, 6.07) is 6.68. The maximum Gasteiger partial charge on any atom is 0.127 e. The zero-order valence-corrected chi connectivity index (χ0v) is 13.1. The Bertz CT molecular complexity index is 491. The first-order chi connectivity index (χ1) is 10.2. The molecule has 4 heteroatoms. The molecule has 116 valence electrons. The van der Waals surface area contributed by atoms with Crippen molar-refractivity contribution in [1.82, 2.24) is 15.1 Å². The molecular weight excluding hydrogens is 265 g/mol. The third-order valence-corrected chi connectivity index (χ3v) is 4.93. The van der Waals surface area contributed by atoms with Crippen molar-refractivity contribution in [3.05, 3.63) is 35.1 Å². The van der Waals surface area contributed by atoms with E-state index in [1.807, 2.05) is 19.2 Å². The maximum atomic E-state index is 14.1. The quantitative estimate of drug-likeness (QED) is 0.917. The molecule has 0 saturated carbocycles. The average molecular weight is 291 g/mol. The summed E-state index contributed by atoms with van der Waals surface area (Å²) in [7, 11) is 1.92. The first-order valence-electron chi connectivity index (χ1n) is 8.07. The van der Waals surface area contributed by atoms with E-state index < -0.39 is 0 Å². The third kappa shape index (κ3) is 3.28. The van der Waals surface area contributed by atoms with Crippen LogP contribution in [0.4, 0.5) is 4.39 Å². The lowest BCUT2D eigenvalue weighted by atomic mass is 10.0. The van der Waals surface area contributed by atoms with Crippen molar-refractivity contribution in [3.63, 3.8) is 0 Å². The van der Waals surface area contributed by atoms with Crippen molar-refractivity contribution >= 4 is 0 Å². The summed E-state index contributed by atoms with van der Waals surface area (Å²) < 4.78 is 14.1. The summed E-state index contributed by atoms with van der Waals surface area (Å²) in [4.78, 5) is 5.06. The van der Waals surface area contributed by atoms with E-state index in [1.165, 1.54) is 19.4 Å². The van der Waals surface area contributed by atoms with E-state index in [9.17, 15) is 4.39 Å². The van der Waals surface area contributed by atoms with Crippen LogP contribution in [-0.4, -0.2) is 48.6 Å². The van der Waals surface area contributed by atoms with Crippen LogP contribution in [0.3, 0.4) is 0 Å². The maximum absolute atomic E-state index is 14.1. The number of hydrogen-bond donors (Lipinski definition) is 1. The standard InChI is InChI=1S/C17H26FN3/c1-13-10-20-7-3-4-16(20)12-21(13)11-15-8-14(9-19-2)5-6-17(15)18/h5-6,8,13,16,19H,3-4,7,9-12H2,1-2H3. The highest BCUT2D eigenvalue weighted by Gasteiger charge is 2.34. The van der Waals surface area contributed by atoms with E-state index in [1.54, 1.807) is 6.07 Å². The molecule has 0 amide bonds. The Morgan fingerprint density at radius 2 is 2.19 bits per heavy atom. The lowest BCUT2D eigenvalue weighted by molar-refractivity contribution is 0.0533. The minimum atomic E-state index is -0.0732. The fourth-order valence-corrected chi connectivity index (χ4v) is 3.75. The largest absolute Gasteiger partial charge is 0.316 e. The number of fused-ring (bicyclic) bond motifs is 1. The van der Waals surface area contributed by atoms with Gasteiger partial charge in [-0.2, -0.15) is 0 Å². The molecule has 21 heavy (non-hydrogen) atoms. The minimum absolute atomic E-state index is 0.0732. The molecular formula is C17H26FN3. The van der Waals surface area contributed by atoms with Crippen LogP contribution in [0, 0.1) is 5.82 Å². The van der Waals surface area contributed by atoms with Gasteiger partial charge in [-0.3, -0.25) is 9.80 Å². The molecule has 2 aliphatic heterocycles. The van der Waals surface area contributed by atoms with Crippen LogP contribution < -0.4 is 5.32 Å². The molecule has 2 heterocycles. The Morgan fingerprint density at radius 1 is 1.33 bits per heavy atom. The van der Waals surface area contributed by atoms with Gasteiger partial charge in [0.05, 0.1) is 0 Å². The zero-order chi connectivity index (χ0) is 14.8. The Hall–Kier alpha value is -0.970. The zero-order valence-electron chi connectivity index (χ0n) is 13.1. The fraction of sp³-hybridized carbons (Fsp3) is 0.647. The average Bonchev–Trinajstić information content (AvgIpc) is 2.90. The van der Waals surface area contributed by atoms with Gasteiger partial charge in [0.15, 0.2) is 0 Å². The summed E-state index contributed by atoms with van der Waals surface area (Å²) in [5.41, 5.74) is 1.99. The molecule has 0 radical (unpaired) electrons. The van der Waals surface area contributed by atoms with Gasteiger partial charge in [-0.15, -0.1) is 0 Å². The second-order valence-electron chi connectivity index (χ2n) is 6.53. The van der Waals surface area contributed by atoms with Crippen LogP contribution in [0.15, 0.2) is 18.2 Å². The van der Waals surface area contributed by atoms with Crippen LogP contribution in [0.2, 0.25) is 0 Å². The van der Waals surface area contributed by atoms with Crippen molar-refractivity contribution < 1.29 is 4.39 Å². The normalized spacial score (nSPS) is 27.0. The van der Waals surface area contributed by atoms with Gasteiger partial charge in [0.2, 0.25) is 0 Å². The lowest BCUT2D eigenvalue weighted by Crippen LogP contribution is -2.54. The predicted octanol–water partition coefficient (Wildman–Crippen LogP) is 2.21. The van der Waals surface area contributed by atoms with Crippen LogP contribution in [0.25, 0.3) is 0 Å².